The average Bonchev–Trinajstić information content (AvgIpc) is 3.60. The zero-order valence-electron chi connectivity index (χ0n) is 21.0. The van der Waals surface area contributed by atoms with Gasteiger partial charge >= 0.3 is 22.4 Å². The molecule has 1 saturated heterocycles. The van der Waals surface area contributed by atoms with Crippen molar-refractivity contribution in [2.24, 2.45) is 0 Å². The number of benzene rings is 1. The molecular formula is C24H30F3N6O4S-. The molecule has 2 amide bonds. The lowest BCUT2D eigenvalue weighted by molar-refractivity contribution is -0.142. The van der Waals surface area contributed by atoms with Gasteiger partial charge < -0.3 is 15.4 Å². The van der Waals surface area contributed by atoms with Crippen LogP contribution in [-0.2, 0) is 42.4 Å². The molecule has 0 spiro atoms. The third-order valence-corrected chi connectivity index (χ3v) is 9.16. The number of urea groups is 1. The molecule has 38 heavy (non-hydrogen) atoms. The Kier molecular flexibility index (Phi) is 7.07. The topological polar surface area (TPSA) is 114 Å². The number of hydroxylamine groups is 1. The van der Waals surface area contributed by atoms with Gasteiger partial charge in [-0.25, -0.2) is 9.10 Å². The lowest BCUT2D eigenvalue weighted by Crippen LogP contribution is -2.52. The molecular weight excluding hydrogens is 525 g/mol. The Bertz CT molecular complexity index is 1290. The number of halogens is 3. The predicted octanol–water partition coefficient (Wildman–Crippen LogP) is 3.60. The van der Waals surface area contributed by atoms with Gasteiger partial charge in [-0.2, -0.15) is 26.7 Å². The summed E-state index contributed by atoms with van der Waals surface area (Å²) in [7, 11) is -3.14. The zero-order chi connectivity index (χ0) is 27.2. The summed E-state index contributed by atoms with van der Waals surface area (Å²) in [4.78, 5) is 15.1. The summed E-state index contributed by atoms with van der Waals surface area (Å²) in [6.07, 6.45) is 2.99. The van der Waals surface area contributed by atoms with Crippen molar-refractivity contribution >= 4 is 27.6 Å². The Hall–Kier alpha value is -2.84. The molecule has 0 atom stereocenters. The largest absolute Gasteiger partial charge is 0.740 e. The van der Waals surface area contributed by atoms with Crippen LogP contribution in [0, 0.1) is 5.21 Å². The van der Waals surface area contributed by atoms with Gasteiger partial charge in [-0.15, -0.1) is 0 Å². The van der Waals surface area contributed by atoms with Gasteiger partial charge in [0.1, 0.15) is 6.54 Å². The summed E-state index contributed by atoms with van der Waals surface area (Å²) in [6, 6.07) is 0.0705. The van der Waals surface area contributed by atoms with Gasteiger partial charge in [-0.1, -0.05) is 6.07 Å². The summed E-state index contributed by atoms with van der Waals surface area (Å²) in [5.41, 5.74) is 4.41. The van der Waals surface area contributed by atoms with E-state index in [1.807, 2.05) is 11.9 Å². The number of fused-ring (bicyclic) bond motifs is 2. The fourth-order valence-electron chi connectivity index (χ4n) is 5.80. The standard InChI is InChI=1S/C24H30F3N6O4S/c1-30-10-8-18(9-11-30)32(19-13-28-31(14-19)15-24(25,26)27)38(36,37)33(35)23(34)29-22-20-6-2-4-16(20)12-17-5-3-7-21(17)22/h12-14,18H,2-11,15H2,1H3,(H,29,34)/q-1. The molecule has 2 aromatic rings. The summed E-state index contributed by atoms with van der Waals surface area (Å²) < 4.78 is 66.7. The van der Waals surface area contributed by atoms with Gasteiger partial charge in [0.2, 0.25) is 0 Å². The average molecular weight is 556 g/mol. The Balaban J connectivity index is 1.45. The summed E-state index contributed by atoms with van der Waals surface area (Å²) in [5, 5.41) is 19.4. The SMILES string of the molecule is CN1CCC(N(c2cnn(CC(F)(F)F)c2)S(=O)(=O)N([O-])C(=O)Nc2c3c(cc4c2CCC4)CCC3)CC1. The number of rotatable bonds is 6. The number of amides is 2. The van der Waals surface area contributed by atoms with Crippen LogP contribution >= 0.6 is 0 Å². The van der Waals surface area contributed by atoms with Gasteiger partial charge in [0, 0.05) is 17.9 Å². The first-order chi connectivity index (χ1) is 17.9. The third-order valence-electron chi connectivity index (χ3n) is 7.56. The van der Waals surface area contributed by atoms with Gasteiger partial charge in [-0.05, 0) is 93.8 Å². The predicted molar refractivity (Wildman–Crippen MR) is 135 cm³/mol. The van der Waals surface area contributed by atoms with Gasteiger partial charge in [0.25, 0.3) is 0 Å². The quantitative estimate of drug-likeness (QED) is 0.545. The Morgan fingerprint density at radius 3 is 2.32 bits per heavy atom. The number of nitrogens with zero attached hydrogens (tertiary/aromatic N) is 5. The molecule has 1 aromatic heterocycles. The summed E-state index contributed by atoms with van der Waals surface area (Å²) in [5.74, 6) is 0. The van der Waals surface area contributed by atoms with Gasteiger partial charge in [0.15, 0.2) is 0 Å². The van der Waals surface area contributed by atoms with Crippen LogP contribution in [0.15, 0.2) is 18.5 Å². The number of aryl methyl sites for hydroxylation is 2. The van der Waals surface area contributed by atoms with Crippen LogP contribution in [-0.4, -0.2) is 66.0 Å². The van der Waals surface area contributed by atoms with Crippen molar-refractivity contribution in [3.63, 3.8) is 0 Å². The highest BCUT2D eigenvalue weighted by Crippen LogP contribution is 2.39. The smallest absolute Gasteiger partial charge is 0.408 e. The van der Waals surface area contributed by atoms with Crippen molar-refractivity contribution in [3.05, 3.63) is 45.9 Å². The highest BCUT2D eigenvalue weighted by Gasteiger charge is 2.37. The first kappa shape index (κ1) is 26.8. The van der Waals surface area contributed by atoms with Crippen LogP contribution < -0.4 is 9.62 Å². The molecule has 14 heteroatoms. The molecule has 1 fully saturated rings. The zero-order valence-corrected chi connectivity index (χ0v) is 21.8. The monoisotopic (exact) mass is 555 g/mol. The Labute approximate surface area is 219 Å². The summed E-state index contributed by atoms with van der Waals surface area (Å²) >= 11 is 0. The van der Waals surface area contributed by atoms with E-state index in [1.165, 1.54) is 0 Å². The van der Waals surface area contributed by atoms with E-state index in [2.05, 4.69) is 16.5 Å². The second-order valence-electron chi connectivity index (χ2n) is 10.2. The minimum Gasteiger partial charge on any atom is -0.740 e. The van der Waals surface area contributed by atoms with Crippen molar-refractivity contribution in [2.45, 2.75) is 70.1 Å². The van der Waals surface area contributed by atoms with Crippen LogP contribution in [0.5, 0.6) is 0 Å². The van der Waals surface area contributed by atoms with Crippen molar-refractivity contribution in [2.75, 3.05) is 29.8 Å². The first-order valence-electron chi connectivity index (χ1n) is 12.7. The van der Waals surface area contributed by atoms with E-state index in [0.717, 1.165) is 77.5 Å². The molecule has 1 aromatic carbocycles. The number of nitrogens with one attached hydrogen (secondary N) is 1. The van der Waals surface area contributed by atoms with Crippen LogP contribution in [0.2, 0.25) is 0 Å². The second kappa shape index (κ2) is 10.0. The van der Waals surface area contributed by atoms with Crippen molar-refractivity contribution in [1.29, 1.82) is 0 Å². The van der Waals surface area contributed by atoms with Crippen LogP contribution in [0.3, 0.4) is 0 Å². The molecule has 1 N–H and O–H groups in total. The fraction of sp³-hybridized carbons (Fsp3) is 0.583. The van der Waals surface area contributed by atoms with E-state index < -0.39 is 39.5 Å². The lowest BCUT2D eigenvalue weighted by Gasteiger charge is -2.41. The highest BCUT2D eigenvalue weighted by molar-refractivity contribution is 7.91. The van der Waals surface area contributed by atoms with E-state index >= 15 is 0 Å². The Morgan fingerprint density at radius 2 is 1.74 bits per heavy atom. The van der Waals surface area contributed by atoms with E-state index in [4.69, 9.17) is 0 Å². The van der Waals surface area contributed by atoms with E-state index in [9.17, 15) is 31.6 Å². The number of carbonyl (C=O) groups is 1. The number of aromatic nitrogens is 2. The molecule has 0 saturated carbocycles. The number of hydrogen-bond donors (Lipinski definition) is 1. The number of anilines is 2. The maximum absolute atomic E-state index is 13.6. The van der Waals surface area contributed by atoms with E-state index in [0.29, 0.717) is 36.3 Å². The van der Waals surface area contributed by atoms with Crippen molar-refractivity contribution in [1.82, 2.24) is 19.1 Å². The second-order valence-corrected chi connectivity index (χ2v) is 11.9. The van der Waals surface area contributed by atoms with Crippen LogP contribution in [0.1, 0.15) is 47.9 Å². The number of likely N-dealkylation sites (tertiary alicyclic amines) is 1. The number of alkyl halides is 3. The Morgan fingerprint density at radius 1 is 1.13 bits per heavy atom. The number of piperidine rings is 1. The molecule has 0 bridgehead atoms. The number of carbonyl (C=O) groups excluding carboxylic acids is 1. The molecule has 208 valence electrons. The molecule has 10 nitrogen and oxygen atoms in total. The van der Waals surface area contributed by atoms with Gasteiger partial charge in [-0.3, -0.25) is 9.15 Å². The molecule has 0 unspecified atom stereocenters. The fourth-order valence-corrected chi connectivity index (χ4v) is 7.17. The molecule has 2 aliphatic carbocycles. The molecule has 1 aliphatic heterocycles. The highest BCUT2D eigenvalue weighted by atomic mass is 32.2. The molecule has 5 rings (SSSR count). The third kappa shape index (κ3) is 5.21. The normalized spacial score (nSPS) is 18.3. The van der Waals surface area contributed by atoms with Crippen molar-refractivity contribution in [3.8, 4) is 0 Å². The van der Waals surface area contributed by atoms with Crippen molar-refractivity contribution < 1.29 is 26.4 Å². The summed E-state index contributed by atoms with van der Waals surface area (Å²) in [6.45, 7) is -0.387. The minimum atomic E-state index is -5.00. The maximum atomic E-state index is 13.6. The van der Waals surface area contributed by atoms with E-state index in [1.54, 1.807) is 0 Å². The maximum Gasteiger partial charge on any atom is 0.408 e. The first-order valence-corrected chi connectivity index (χ1v) is 14.1. The van der Waals surface area contributed by atoms with E-state index in [-0.39, 0.29) is 5.69 Å². The van der Waals surface area contributed by atoms with Gasteiger partial charge in [0.05, 0.1) is 11.9 Å². The molecule has 3 aliphatic rings. The van der Waals surface area contributed by atoms with Crippen LogP contribution in [0.25, 0.3) is 0 Å². The molecule has 2 heterocycles. The molecule has 0 radical (unpaired) electrons. The lowest BCUT2D eigenvalue weighted by atomic mass is 9.99. The number of hydrogen-bond acceptors (Lipinski definition) is 6. The minimum absolute atomic E-state index is 0.195. The van der Waals surface area contributed by atoms with Crippen LogP contribution in [0.4, 0.5) is 29.3 Å².